The van der Waals surface area contributed by atoms with Gasteiger partial charge in [-0.25, -0.2) is 0 Å². The third-order valence-corrected chi connectivity index (χ3v) is 5.32. The van der Waals surface area contributed by atoms with Gasteiger partial charge in [-0.1, -0.05) is 90.9 Å². The maximum atomic E-state index is 11.6. The molecule has 0 fully saturated rings. The summed E-state index contributed by atoms with van der Waals surface area (Å²) < 4.78 is 21.8. The molecule has 0 aromatic heterocycles. The summed E-state index contributed by atoms with van der Waals surface area (Å²) in [4.78, 5) is 11.6. The summed E-state index contributed by atoms with van der Waals surface area (Å²) in [6, 6.07) is 0. The van der Waals surface area contributed by atoms with Crippen LogP contribution in [0.1, 0.15) is 117 Å². The molecule has 31 heavy (non-hydrogen) atoms. The zero-order valence-corrected chi connectivity index (χ0v) is 20.8. The molecule has 5 nitrogen and oxygen atoms in total. The van der Waals surface area contributed by atoms with Gasteiger partial charge in [0.2, 0.25) is 0 Å². The summed E-state index contributed by atoms with van der Waals surface area (Å²) in [5.74, 6) is -0.112. The lowest BCUT2D eigenvalue weighted by Crippen LogP contribution is -2.11. The highest BCUT2D eigenvalue weighted by atomic mass is 16.5. The Morgan fingerprint density at radius 2 is 0.839 bits per heavy atom. The fourth-order valence-electron chi connectivity index (χ4n) is 3.34. The van der Waals surface area contributed by atoms with E-state index in [1.54, 1.807) is 0 Å². The number of carbonyl (C=O) groups is 1. The molecule has 0 aliphatic carbocycles. The predicted molar refractivity (Wildman–Crippen MR) is 129 cm³/mol. The molecule has 0 aromatic rings. The minimum absolute atomic E-state index is 0.112. The summed E-state index contributed by atoms with van der Waals surface area (Å²) in [5.41, 5.74) is 0. The molecule has 0 aliphatic heterocycles. The molecule has 0 spiro atoms. The van der Waals surface area contributed by atoms with Crippen LogP contribution in [0.4, 0.5) is 0 Å². The van der Waals surface area contributed by atoms with Gasteiger partial charge in [-0.15, -0.1) is 0 Å². The van der Waals surface area contributed by atoms with E-state index in [0.717, 1.165) is 25.9 Å². The van der Waals surface area contributed by atoms with Gasteiger partial charge in [0, 0.05) is 19.6 Å². The van der Waals surface area contributed by atoms with E-state index < -0.39 is 0 Å². The highest BCUT2D eigenvalue weighted by Gasteiger charge is 2.02. The third kappa shape index (κ3) is 27.3. The van der Waals surface area contributed by atoms with Gasteiger partial charge in [-0.05, 0) is 19.3 Å². The van der Waals surface area contributed by atoms with Crippen LogP contribution in [0.15, 0.2) is 0 Å². The van der Waals surface area contributed by atoms with Crippen molar-refractivity contribution in [3.63, 3.8) is 0 Å². The van der Waals surface area contributed by atoms with Crippen LogP contribution in [-0.4, -0.2) is 52.2 Å². The number of hydrogen-bond donors (Lipinski definition) is 0. The summed E-state index contributed by atoms with van der Waals surface area (Å²) >= 11 is 0. The minimum atomic E-state index is -0.112. The number of ether oxygens (including phenoxy) is 4. The van der Waals surface area contributed by atoms with Crippen molar-refractivity contribution in [1.29, 1.82) is 0 Å². The molecule has 0 amide bonds. The van der Waals surface area contributed by atoms with Gasteiger partial charge in [0.25, 0.3) is 0 Å². The molecule has 186 valence electrons. The van der Waals surface area contributed by atoms with Crippen molar-refractivity contribution in [2.24, 2.45) is 0 Å². The Morgan fingerprint density at radius 1 is 0.452 bits per heavy atom. The van der Waals surface area contributed by atoms with Crippen molar-refractivity contribution in [2.75, 3.05) is 46.2 Å². The molecule has 0 N–H and O–H groups in total. The molecule has 0 bridgehead atoms. The third-order valence-electron chi connectivity index (χ3n) is 5.32. The Bertz CT molecular complexity index is 349. The van der Waals surface area contributed by atoms with Crippen LogP contribution in [0.3, 0.4) is 0 Å². The molecule has 0 heterocycles. The van der Waals surface area contributed by atoms with Gasteiger partial charge in [0.15, 0.2) is 0 Å². The molecule has 0 unspecified atom stereocenters. The van der Waals surface area contributed by atoms with Gasteiger partial charge in [0.1, 0.15) is 0 Å². The molecule has 5 heteroatoms. The van der Waals surface area contributed by atoms with Crippen molar-refractivity contribution in [3.05, 3.63) is 0 Å². The number of unbranched alkanes of at least 4 members (excludes halogenated alkanes) is 12. The second-order valence-electron chi connectivity index (χ2n) is 8.40. The first kappa shape index (κ1) is 30.4. The van der Waals surface area contributed by atoms with Gasteiger partial charge in [0.05, 0.1) is 33.0 Å². The minimum Gasteiger partial charge on any atom is -0.466 e. The Labute approximate surface area is 192 Å². The molecule has 0 aliphatic rings. The lowest BCUT2D eigenvalue weighted by atomic mass is 10.1. The average Bonchev–Trinajstić information content (AvgIpc) is 2.77. The maximum Gasteiger partial charge on any atom is 0.305 e. The van der Waals surface area contributed by atoms with Crippen LogP contribution in [-0.2, 0) is 23.7 Å². The molecular formula is C26H52O5. The number of esters is 1. The van der Waals surface area contributed by atoms with Crippen molar-refractivity contribution in [1.82, 2.24) is 0 Å². The second kappa shape index (κ2) is 27.4. The lowest BCUT2D eigenvalue weighted by molar-refractivity contribution is -0.144. The fourth-order valence-corrected chi connectivity index (χ4v) is 3.34. The molecule has 0 radical (unpaired) electrons. The second-order valence-corrected chi connectivity index (χ2v) is 8.40. The summed E-state index contributed by atoms with van der Waals surface area (Å²) in [7, 11) is 0. The monoisotopic (exact) mass is 444 g/mol. The lowest BCUT2D eigenvalue weighted by Gasteiger charge is -2.07. The largest absolute Gasteiger partial charge is 0.466 e. The average molecular weight is 445 g/mol. The van der Waals surface area contributed by atoms with E-state index in [1.807, 2.05) is 0 Å². The van der Waals surface area contributed by atoms with Crippen molar-refractivity contribution >= 4 is 5.97 Å². The van der Waals surface area contributed by atoms with Gasteiger partial charge in [-0.3, -0.25) is 4.79 Å². The summed E-state index contributed by atoms with van der Waals surface area (Å²) in [5, 5.41) is 0. The van der Waals surface area contributed by atoms with E-state index in [-0.39, 0.29) is 5.97 Å². The van der Waals surface area contributed by atoms with E-state index in [0.29, 0.717) is 52.5 Å². The maximum absolute atomic E-state index is 11.6. The fraction of sp³-hybridized carbons (Fsp3) is 0.962. The normalized spacial score (nSPS) is 11.2. The van der Waals surface area contributed by atoms with Gasteiger partial charge >= 0.3 is 5.97 Å². The topological polar surface area (TPSA) is 54.0 Å². The Balaban J connectivity index is 3.09. The first-order chi connectivity index (χ1) is 15.3. The zero-order chi connectivity index (χ0) is 22.7. The standard InChI is InChI=1S/C26H52O5/c1-3-5-7-9-10-11-12-14-15-19-28-22-24-30-25-23-29-20-17-18-26(27)31-21-16-13-8-6-4-2/h3-25H2,1-2H3. The predicted octanol–water partition coefficient (Wildman–Crippen LogP) is 6.86. The van der Waals surface area contributed by atoms with E-state index in [4.69, 9.17) is 18.9 Å². The smallest absolute Gasteiger partial charge is 0.305 e. The molecule has 0 atom stereocenters. The van der Waals surface area contributed by atoms with E-state index in [9.17, 15) is 4.79 Å². The number of hydrogen-bond acceptors (Lipinski definition) is 5. The zero-order valence-electron chi connectivity index (χ0n) is 20.8. The van der Waals surface area contributed by atoms with Gasteiger partial charge in [-0.2, -0.15) is 0 Å². The van der Waals surface area contributed by atoms with Crippen LogP contribution in [0.25, 0.3) is 0 Å². The summed E-state index contributed by atoms with van der Waals surface area (Å²) in [6.07, 6.45) is 19.0. The van der Waals surface area contributed by atoms with Crippen molar-refractivity contribution in [3.8, 4) is 0 Å². The highest BCUT2D eigenvalue weighted by Crippen LogP contribution is 2.09. The quantitative estimate of drug-likeness (QED) is 0.108. The highest BCUT2D eigenvalue weighted by molar-refractivity contribution is 5.69. The van der Waals surface area contributed by atoms with E-state index in [1.165, 1.54) is 70.6 Å². The van der Waals surface area contributed by atoms with Crippen LogP contribution in [0.5, 0.6) is 0 Å². The SMILES string of the molecule is CCCCCCCCCCCOCCOCCOCCCC(=O)OCCCCCCC. The van der Waals surface area contributed by atoms with Crippen LogP contribution in [0.2, 0.25) is 0 Å². The van der Waals surface area contributed by atoms with Crippen LogP contribution >= 0.6 is 0 Å². The first-order valence-electron chi connectivity index (χ1n) is 13.2. The number of rotatable bonds is 26. The van der Waals surface area contributed by atoms with Crippen molar-refractivity contribution in [2.45, 2.75) is 117 Å². The molecule has 0 saturated carbocycles. The molecule has 0 rings (SSSR count). The summed E-state index contributed by atoms with van der Waals surface area (Å²) in [6.45, 7) is 8.83. The van der Waals surface area contributed by atoms with E-state index in [2.05, 4.69) is 13.8 Å². The Kier molecular flexibility index (Phi) is 26.8. The molecular weight excluding hydrogens is 392 g/mol. The first-order valence-corrected chi connectivity index (χ1v) is 13.2. The van der Waals surface area contributed by atoms with E-state index >= 15 is 0 Å². The molecule has 0 aromatic carbocycles. The Hall–Kier alpha value is -0.650. The number of carbonyl (C=O) groups excluding carboxylic acids is 1. The Morgan fingerprint density at radius 3 is 1.35 bits per heavy atom. The van der Waals surface area contributed by atoms with Crippen LogP contribution in [0, 0.1) is 0 Å². The van der Waals surface area contributed by atoms with Gasteiger partial charge < -0.3 is 18.9 Å². The van der Waals surface area contributed by atoms with Crippen LogP contribution < -0.4 is 0 Å². The van der Waals surface area contributed by atoms with Crippen molar-refractivity contribution < 1.29 is 23.7 Å². The molecule has 0 saturated heterocycles.